The van der Waals surface area contributed by atoms with Gasteiger partial charge in [-0.25, -0.2) is 15.0 Å². The molecule has 0 unspecified atom stereocenters. The van der Waals surface area contributed by atoms with E-state index >= 15 is 0 Å². The molecule has 5 rings (SSSR count). The standard InChI is InChI=1S/C21H28N6/c1-14-11-15(2)27-16(12-22-21(27)23-14)13-26-10-6-9-19(26)20-24-17-7-4-5-8-18(17)25(20)3/h11-12,19H,4-10,13H2,1-3H3/t19-/m0/s1. The van der Waals surface area contributed by atoms with Crippen LogP contribution in [0.1, 0.15) is 66.0 Å². The largest absolute Gasteiger partial charge is 0.334 e. The Hall–Kier alpha value is -2.21. The molecule has 0 N–H and O–H groups in total. The average molecular weight is 364 g/mol. The molecular formula is C21H28N6. The summed E-state index contributed by atoms with van der Waals surface area (Å²) in [5.74, 6) is 2.07. The van der Waals surface area contributed by atoms with Crippen molar-refractivity contribution in [1.29, 1.82) is 0 Å². The van der Waals surface area contributed by atoms with Crippen LogP contribution in [0.5, 0.6) is 0 Å². The van der Waals surface area contributed by atoms with Crippen molar-refractivity contribution < 1.29 is 0 Å². The quantitative estimate of drug-likeness (QED) is 0.716. The maximum atomic E-state index is 5.09. The summed E-state index contributed by atoms with van der Waals surface area (Å²) >= 11 is 0. The lowest BCUT2D eigenvalue weighted by molar-refractivity contribution is 0.233. The summed E-state index contributed by atoms with van der Waals surface area (Å²) in [6.07, 6.45) is 9.33. The van der Waals surface area contributed by atoms with Gasteiger partial charge in [0, 0.05) is 30.7 Å². The van der Waals surface area contributed by atoms with Gasteiger partial charge >= 0.3 is 0 Å². The fourth-order valence-electron chi connectivity index (χ4n) is 5.03. The Bertz CT molecular complexity index is 998. The van der Waals surface area contributed by atoms with Crippen LogP contribution in [-0.4, -0.2) is 35.4 Å². The summed E-state index contributed by atoms with van der Waals surface area (Å²) < 4.78 is 4.59. The third-order valence-corrected chi connectivity index (χ3v) is 6.30. The zero-order valence-corrected chi connectivity index (χ0v) is 16.6. The Labute approximate surface area is 160 Å². The first-order chi connectivity index (χ1) is 13.1. The summed E-state index contributed by atoms with van der Waals surface area (Å²) in [7, 11) is 2.22. The highest BCUT2D eigenvalue weighted by molar-refractivity contribution is 5.35. The van der Waals surface area contributed by atoms with E-state index in [1.54, 1.807) is 0 Å². The van der Waals surface area contributed by atoms with Gasteiger partial charge in [-0.3, -0.25) is 9.30 Å². The van der Waals surface area contributed by atoms with Gasteiger partial charge in [-0.15, -0.1) is 0 Å². The fourth-order valence-corrected chi connectivity index (χ4v) is 5.03. The van der Waals surface area contributed by atoms with Gasteiger partial charge in [0.1, 0.15) is 5.82 Å². The predicted octanol–water partition coefficient (Wildman–Crippen LogP) is 3.30. The van der Waals surface area contributed by atoms with Crippen LogP contribution in [0.3, 0.4) is 0 Å². The van der Waals surface area contributed by atoms with Gasteiger partial charge in [-0.2, -0.15) is 0 Å². The van der Waals surface area contributed by atoms with Crippen molar-refractivity contribution in [2.45, 2.75) is 65.0 Å². The van der Waals surface area contributed by atoms with Crippen LogP contribution >= 0.6 is 0 Å². The lowest BCUT2D eigenvalue weighted by Crippen LogP contribution is -2.26. The number of fused-ring (bicyclic) bond motifs is 2. The molecule has 0 saturated carbocycles. The van der Waals surface area contributed by atoms with Crippen molar-refractivity contribution in [2.24, 2.45) is 7.05 Å². The topological polar surface area (TPSA) is 51.2 Å². The number of likely N-dealkylation sites (tertiary alicyclic amines) is 1. The van der Waals surface area contributed by atoms with Gasteiger partial charge in [-0.1, -0.05) is 0 Å². The van der Waals surface area contributed by atoms with E-state index in [0.717, 1.165) is 31.0 Å². The van der Waals surface area contributed by atoms with Crippen LogP contribution in [-0.2, 0) is 26.4 Å². The van der Waals surface area contributed by atoms with Crippen LogP contribution in [0.25, 0.3) is 5.78 Å². The minimum atomic E-state index is 0.407. The van der Waals surface area contributed by atoms with Gasteiger partial charge in [0.2, 0.25) is 5.78 Å². The Morgan fingerprint density at radius 1 is 1.11 bits per heavy atom. The SMILES string of the molecule is Cc1cc(C)n2c(CN3CCC[C@H]3c3nc4c(n3C)CCCC4)cnc2n1. The maximum Gasteiger partial charge on any atom is 0.234 e. The summed E-state index contributed by atoms with van der Waals surface area (Å²) in [6, 6.07) is 2.54. The normalized spacial score (nSPS) is 20.5. The summed E-state index contributed by atoms with van der Waals surface area (Å²) in [4.78, 5) is 16.8. The van der Waals surface area contributed by atoms with E-state index < -0.39 is 0 Å². The second-order valence-electron chi connectivity index (χ2n) is 8.18. The van der Waals surface area contributed by atoms with Crippen LogP contribution in [0.2, 0.25) is 0 Å². The van der Waals surface area contributed by atoms with E-state index in [1.165, 1.54) is 60.7 Å². The molecule has 1 aliphatic heterocycles. The molecule has 0 bridgehead atoms. The zero-order valence-electron chi connectivity index (χ0n) is 16.6. The van der Waals surface area contributed by atoms with Gasteiger partial charge < -0.3 is 4.57 Å². The molecule has 2 aliphatic rings. The van der Waals surface area contributed by atoms with Crippen molar-refractivity contribution >= 4 is 5.78 Å². The summed E-state index contributed by atoms with van der Waals surface area (Å²) in [5.41, 5.74) is 6.26. The van der Waals surface area contributed by atoms with Gasteiger partial charge in [-0.05, 0) is 65.0 Å². The Kier molecular flexibility index (Phi) is 4.04. The van der Waals surface area contributed by atoms with Crippen LogP contribution < -0.4 is 0 Å². The molecule has 1 aliphatic carbocycles. The molecular weight excluding hydrogens is 336 g/mol. The first kappa shape index (κ1) is 16.9. The number of aromatic nitrogens is 5. The molecule has 0 radical (unpaired) electrons. The van der Waals surface area contributed by atoms with Crippen molar-refractivity contribution in [3.63, 3.8) is 0 Å². The number of rotatable bonds is 3. The van der Waals surface area contributed by atoms with Gasteiger partial charge in [0.15, 0.2) is 0 Å². The molecule has 6 nitrogen and oxygen atoms in total. The van der Waals surface area contributed by atoms with Crippen LogP contribution in [0.15, 0.2) is 12.3 Å². The van der Waals surface area contributed by atoms with E-state index in [2.05, 4.69) is 43.9 Å². The molecule has 0 amide bonds. The number of imidazole rings is 2. The highest BCUT2D eigenvalue weighted by Crippen LogP contribution is 2.35. The van der Waals surface area contributed by atoms with Gasteiger partial charge in [0.05, 0.1) is 23.6 Å². The van der Waals surface area contributed by atoms with Crippen molar-refractivity contribution in [3.8, 4) is 0 Å². The Morgan fingerprint density at radius 2 is 1.96 bits per heavy atom. The minimum Gasteiger partial charge on any atom is -0.334 e. The molecule has 0 spiro atoms. The molecule has 1 atom stereocenters. The highest BCUT2D eigenvalue weighted by Gasteiger charge is 2.32. The molecule has 3 aromatic heterocycles. The summed E-state index contributed by atoms with van der Waals surface area (Å²) in [5, 5.41) is 0. The molecule has 1 fully saturated rings. The molecule has 3 aromatic rings. The monoisotopic (exact) mass is 364 g/mol. The third kappa shape index (κ3) is 2.78. The van der Waals surface area contributed by atoms with E-state index in [9.17, 15) is 0 Å². The van der Waals surface area contributed by atoms with E-state index in [0.29, 0.717) is 6.04 Å². The highest BCUT2D eigenvalue weighted by atomic mass is 15.2. The molecule has 142 valence electrons. The van der Waals surface area contributed by atoms with Gasteiger partial charge in [0.25, 0.3) is 0 Å². The lowest BCUT2D eigenvalue weighted by Gasteiger charge is -2.24. The number of hydrogen-bond acceptors (Lipinski definition) is 4. The first-order valence-electron chi connectivity index (χ1n) is 10.2. The molecule has 27 heavy (non-hydrogen) atoms. The van der Waals surface area contributed by atoms with Crippen molar-refractivity contribution in [2.75, 3.05) is 6.54 Å². The Morgan fingerprint density at radius 3 is 2.81 bits per heavy atom. The lowest BCUT2D eigenvalue weighted by atomic mass is 10.0. The average Bonchev–Trinajstić information content (AvgIpc) is 3.34. The molecule has 0 aromatic carbocycles. The predicted molar refractivity (Wildman–Crippen MR) is 105 cm³/mol. The molecule has 1 saturated heterocycles. The first-order valence-corrected chi connectivity index (χ1v) is 10.2. The number of nitrogens with zero attached hydrogens (tertiary/aromatic N) is 6. The van der Waals surface area contributed by atoms with Crippen LogP contribution in [0.4, 0.5) is 0 Å². The maximum absolute atomic E-state index is 5.09. The third-order valence-electron chi connectivity index (χ3n) is 6.30. The van der Waals surface area contributed by atoms with Crippen LogP contribution in [0, 0.1) is 13.8 Å². The van der Waals surface area contributed by atoms with Crippen molar-refractivity contribution in [1.82, 2.24) is 28.8 Å². The minimum absolute atomic E-state index is 0.407. The fraction of sp³-hybridized carbons (Fsp3) is 0.571. The molecule has 6 heteroatoms. The zero-order chi connectivity index (χ0) is 18.5. The second-order valence-corrected chi connectivity index (χ2v) is 8.18. The number of hydrogen-bond donors (Lipinski definition) is 0. The van der Waals surface area contributed by atoms with E-state index in [1.807, 2.05) is 13.1 Å². The molecule has 4 heterocycles. The van der Waals surface area contributed by atoms with Crippen molar-refractivity contribution in [3.05, 3.63) is 46.6 Å². The second kappa shape index (κ2) is 6.44. The smallest absolute Gasteiger partial charge is 0.234 e. The van der Waals surface area contributed by atoms with E-state index in [4.69, 9.17) is 4.98 Å². The van der Waals surface area contributed by atoms with E-state index in [-0.39, 0.29) is 0 Å². The number of aryl methyl sites for hydroxylation is 3. The Balaban J connectivity index is 1.47. The summed E-state index contributed by atoms with van der Waals surface area (Å²) in [6.45, 7) is 6.19.